The third-order valence-corrected chi connectivity index (χ3v) is 2.11. The molecule has 94 valence electrons. The molecule has 0 aromatic heterocycles. The number of ether oxygens (including phenoxy) is 1. The summed E-state index contributed by atoms with van der Waals surface area (Å²) in [5, 5.41) is 19.0. The number of rotatable bonds is 7. The molecule has 4 nitrogen and oxygen atoms in total. The summed E-state index contributed by atoms with van der Waals surface area (Å²) < 4.78 is 4.46. The van der Waals surface area contributed by atoms with Crippen LogP contribution in [-0.4, -0.2) is 35.5 Å². The zero-order chi connectivity index (χ0) is 13.1. The normalized spacial score (nSPS) is 14.7. The molecule has 0 rings (SSSR count). The Labute approximate surface area is 102 Å². The van der Waals surface area contributed by atoms with Gasteiger partial charge in [-0.2, -0.15) is 0 Å². The molecule has 0 unspecified atom stereocenters. The van der Waals surface area contributed by atoms with Crippen molar-refractivity contribution < 1.29 is 19.7 Å². The SMILES string of the molecule is C#C/C=C/C=C/[C@@H](O)[C@@H](O)CCCC(=O)OC. The van der Waals surface area contributed by atoms with Crippen LogP contribution in [0.5, 0.6) is 0 Å². The second-order valence-corrected chi connectivity index (χ2v) is 3.44. The number of allylic oxidation sites excluding steroid dienone is 3. The molecule has 0 aromatic rings. The van der Waals surface area contributed by atoms with Gasteiger partial charge in [0.2, 0.25) is 0 Å². The third kappa shape index (κ3) is 8.26. The van der Waals surface area contributed by atoms with Crippen molar-refractivity contribution in [2.75, 3.05) is 7.11 Å². The molecule has 0 heterocycles. The van der Waals surface area contributed by atoms with E-state index in [9.17, 15) is 15.0 Å². The second kappa shape index (κ2) is 9.64. The van der Waals surface area contributed by atoms with Gasteiger partial charge in [0.05, 0.1) is 19.3 Å². The van der Waals surface area contributed by atoms with Crippen molar-refractivity contribution in [2.45, 2.75) is 31.5 Å². The molecule has 0 bridgehead atoms. The molecule has 0 fully saturated rings. The van der Waals surface area contributed by atoms with Gasteiger partial charge in [0.15, 0.2) is 0 Å². The molecule has 0 saturated carbocycles. The minimum atomic E-state index is -0.963. The van der Waals surface area contributed by atoms with Crippen molar-refractivity contribution in [1.82, 2.24) is 0 Å². The fraction of sp³-hybridized carbons (Fsp3) is 0.462. The van der Waals surface area contributed by atoms with Crippen molar-refractivity contribution in [3.8, 4) is 12.3 Å². The molecule has 0 aliphatic rings. The maximum absolute atomic E-state index is 10.8. The number of terminal acetylenes is 1. The number of methoxy groups -OCH3 is 1. The van der Waals surface area contributed by atoms with Crippen LogP contribution in [0.15, 0.2) is 24.3 Å². The zero-order valence-electron chi connectivity index (χ0n) is 9.87. The second-order valence-electron chi connectivity index (χ2n) is 3.44. The van der Waals surface area contributed by atoms with Gasteiger partial charge < -0.3 is 14.9 Å². The topological polar surface area (TPSA) is 66.8 Å². The van der Waals surface area contributed by atoms with Gasteiger partial charge in [-0.1, -0.05) is 24.1 Å². The van der Waals surface area contributed by atoms with Crippen LogP contribution in [0.1, 0.15) is 19.3 Å². The van der Waals surface area contributed by atoms with Crippen LogP contribution >= 0.6 is 0 Å². The molecular weight excluding hydrogens is 220 g/mol. The lowest BCUT2D eigenvalue weighted by Crippen LogP contribution is -2.23. The minimum absolute atomic E-state index is 0.237. The molecule has 2 atom stereocenters. The molecule has 0 spiro atoms. The van der Waals surface area contributed by atoms with Crippen LogP contribution in [0.4, 0.5) is 0 Å². The number of aliphatic hydroxyl groups excluding tert-OH is 2. The maximum atomic E-state index is 10.8. The molecule has 4 heteroatoms. The summed E-state index contributed by atoms with van der Waals surface area (Å²) in [6.07, 6.45) is 10.2. The lowest BCUT2D eigenvalue weighted by Gasteiger charge is -2.13. The fourth-order valence-electron chi connectivity index (χ4n) is 1.15. The van der Waals surface area contributed by atoms with Gasteiger partial charge in [0.25, 0.3) is 0 Å². The van der Waals surface area contributed by atoms with Crippen molar-refractivity contribution >= 4 is 5.97 Å². The van der Waals surface area contributed by atoms with Crippen LogP contribution in [0.3, 0.4) is 0 Å². The average molecular weight is 238 g/mol. The Hall–Kier alpha value is -1.57. The van der Waals surface area contributed by atoms with Crippen LogP contribution in [0.25, 0.3) is 0 Å². The first-order chi connectivity index (χ1) is 8.11. The van der Waals surface area contributed by atoms with Crippen LogP contribution in [0, 0.1) is 12.3 Å². The molecule has 17 heavy (non-hydrogen) atoms. The Morgan fingerprint density at radius 1 is 1.47 bits per heavy atom. The van der Waals surface area contributed by atoms with E-state index in [2.05, 4.69) is 10.7 Å². The molecule has 0 aliphatic heterocycles. The van der Waals surface area contributed by atoms with E-state index in [0.29, 0.717) is 12.8 Å². The van der Waals surface area contributed by atoms with Gasteiger partial charge in [0.1, 0.15) is 0 Å². The van der Waals surface area contributed by atoms with Crippen LogP contribution < -0.4 is 0 Å². The molecule has 0 aromatic carbocycles. The third-order valence-electron chi connectivity index (χ3n) is 2.11. The Balaban J connectivity index is 3.86. The van der Waals surface area contributed by atoms with Crippen LogP contribution in [-0.2, 0) is 9.53 Å². The largest absolute Gasteiger partial charge is 0.469 e. The summed E-state index contributed by atoms with van der Waals surface area (Å²) in [6, 6.07) is 0. The summed E-state index contributed by atoms with van der Waals surface area (Å²) >= 11 is 0. The zero-order valence-corrected chi connectivity index (χ0v) is 9.87. The first-order valence-electron chi connectivity index (χ1n) is 5.34. The van der Waals surface area contributed by atoms with E-state index in [-0.39, 0.29) is 12.4 Å². The van der Waals surface area contributed by atoms with E-state index in [1.54, 1.807) is 12.2 Å². The Bertz CT molecular complexity index is 312. The number of esters is 1. The Morgan fingerprint density at radius 3 is 2.76 bits per heavy atom. The van der Waals surface area contributed by atoms with E-state index < -0.39 is 12.2 Å². The predicted octanol–water partition coefficient (Wildman–Crippen LogP) is 0.797. The van der Waals surface area contributed by atoms with E-state index in [4.69, 9.17) is 6.42 Å². The number of carbonyl (C=O) groups excluding carboxylic acids is 1. The van der Waals surface area contributed by atoms with Gasteiger partial charge in [-0.25, -0.2) is 0 Å². The quantitative estimate of drug-likeness (QED) is 0.391. The van der Waals surface area contributed by atoms with E-state index in [1.165, 1.54) is 19.3 Å². The number of hydrogen-bond acceptors (Lipinski definition) is 4. The Morgan fingerprint density at radius 2 is 2.18 bits per heavy atom. The monoisotopic (exact) mass is 238 g/mol. The van der Waals surface area contributed by atoms with Gasteiger partial charge in [-0.05, 0) is 18.9 Å². The standard InChI is InChI=1S/C13H18O4/c1-3-4-5-6-8-11(14)12(15)9-7-10-13(16)17-2/h1,4-6,8,11-12,14-15H,7,9-10H2,2H3/b5-4+,8-6+/t11-,12+/m1/s1. The molecular formula is C13H18O4. The first kappa shape index (κ1) is 15.4. The van der Waals surface area contributed by atoms with Gasteiger partial charge in [-0.15, -0.1) is 6.42 Å². The minimum Gasteiger partial charge on any atom is -0.469 e. The van der Waals surface area contributed by atoms with E-state index in [1.807, 2.05) is 0 Å². The summed E-state index contributed by atoms with van der Waals surface area (Å²) in [5.74, 6) is 1.98. The molecule has 0 aliphatic carbocycles. The maximum Gasteiger partial charge on any atom is 0.305 e. The highest BCUT2D eigenvalue weighted by atomic mass is 16.5. The van der Waals surface area contributed by atoms with Crippen molar-refractivity contribution in [1.29, 1.82) is 0 Å². The summed E-state index contributed by atoms with van der Waals surface area (Å²) in [7, 11) is 1.31. The smallest absolute Gasteiger partial charge is 0.305 e. The highest BCUT2D eigenvalue weighted by Crippen LogP contribution is 2.07. The average Bonchev–Trinajstić information content (AvgIpc) is 2.33. The summed E-state index contributed by atoms with van der Waals surface area (Å²) in [6.45, 7) is 0. The highest BCUT2D eigenvalue weighted by molar-refractivity contribution is 5.68. The lowest BCUT2D eigenvalue weighted by molar-refractivity contribution is -0.140. The van der Waals surface area contributed by atoms with E-state index >= 15 is 0 Å². The molecule has 0 amide bonds. The predicted molar refractivity (Wildman–Crippen MR) is 65.0 cm³/mol. The van der Waals surface area contributed by atoms with Gasteiger partial charge >= 0.3 is 5.97 Å². The summed E-state index contributed by atoms with van der Waals surface area (Å²) in [5.41, 5.74) is 0. The molecule has 0 radical (unpaired) electrons. The van der Waals surface area contributed by atoms with Gasteiger partial charge in [0, 0.05) is 6.42 Å². The lowest BCUT2D eigenvalue weighted by atomic mass is 10.1. The number of hydrogen-bond donors (Lipinski definition) is 2. The number of carbonyl (C=O) groups is 1. The van der Waals surface area contributed by atoms with Crippen molar-refractivity contribution in [3.05, 3.63) is 24.3 Å². The Kier molecular flexibility index (Phi) is 8.75. The van der Waals surface area contributed by atoms with E-state index in [0.717, 1.165) is 0 Å². The number of aliphatic hydroxyl groups is 2. The van der Waals surface area contributed by atoms with Crippen LogP contribution in [0.2, 0.25) is 0 Å². The van der Waals surface area contributed by atoms with Gasteiger partial charge in [-0.3, -0.25) is 4.79 Å². The van der Waals surface area contributed by atoms with Crippen molar-refractivity contribution in [2.24, 2.45) is 0 Å². The fourth-order valence-corrected chi connectivity index (χ4v) is 1.15. The highest BCUT2D eigenvalue weighted by Gasteiger charge is 2.13. The first-order valence-corrected chi connectivity index (χ1v) is 5.34. The van der Waals surface area contributed by atoms with Crippen molar-refractivity contribution in [3.63, 3.8) is 0 Å². The summed E-state index contributed by atoms with van der Waals surface area (Å²) in [4.78, 5) is 10.8. The molecule has 2 N–H and O–H groups in total. The molecule has 0 saturated heterocycles.